The molecule has 28 heavy (non-hydrogen) atoms. The molecule has 0 amide bonds. The van der Waals surface area contributed by atoms with Crippen LogP contribution in [-0.4, -0.2) is 30.7 Å². The van der Waals surface area contributed by atoms with E-state index in [1.165, 1.54) is 5.57 Å². The second-order valence-electron chi connectivity index (χ2n) is 9.53. The molecule has 0 radical (unpaired) electrons. The van der Waals surface area contributed by atoms with Gasteiger partial charge < -0.3 is 14.3 Å². The van der Waals surface area contributed by atoms with E-state index in [0.29, 0.717) is 6.42 Å². The molecule has 1 aromatic rings. The van der Waals surface area contributed by atoms with Crippen LogP contribution >= 0.6 is 0 Å². The van der Waals surface area contributed by atoms with Crippen molar-refractivity contribution in [3.05, 3.63) is 47.5 Å². The zero-order chi connectivity index (χ0) is 20.2. The summed E-state index contributed by atoms with van der Waals surface area (Å²) in [5, 5.41) is 11.1. The van der Waals surface area contributed by atoms with Crippen molar-refractivity contribution in [2.24, 2.45) is 5.92 Å². The Kier molecular flexibility index (Phi) is 4.94. The van der Waals surface area contributed by atoms with Crippen LogP contribution in [0.15, 0.2) is 42.0 Å². The molecule has 1 N–H and O–H groups in total. The van der Waals surface area contributed by atoms with E-state index in [4.69, 9.17) is 9.16 Å². The van der Waals surface area contributed by atoms with Crippen LogP contribution in [0.5, 0.6) is 0 Å². The third kappa shape index (κ3) is 2.79. The largest absolute Gasteiger partial charge is 0.408 e. The lowest BCUT2D eigenvalue weighted by Crippen LogP contribution is -2.50. The lowest BCUT2D eigenvalue weighted by atomic mass is 9.79. The van der Waals surface area contributed by atoms with Gasteiger partial charge in [0.05, 0.1) is 17.3 Å². The first kappa shape index (κ1) is 20.3. The van der Waals surface area contributed by atoms with Crippen molar-refractivity contribution in [2.75, 3.05) is 0 Å². The summed E-state index contributed by atoms with van der Waals surface area (Å²) in [7, 11) is -1.74. The number of fused-ring (bicyclic) bond motifs is 4. The molecule has 1 saturated heterocycles. The van der Waals surface area contributed by atoms with Crippen molar-refractivity contribution in [2.45, 2.75) is 94.9 Å². The van der Waals surface area contributed by atoms with E-state index in [0.717, 1.165) is 36.5 Å². The van der Waals surface area contributed by atoms with Gasteiger partial charge in [0.1, 0.15) is 5.60 Å². The molecule has 0 spiro atoms. The van der Waals surface area contributed by atoms with Gasteiger partial charge >= 0.3 is 0 Å². The second-order valence-corrected chi connectivity index (χ2v) is 14.2. The number of aliphatic hydroxyl groups excluding tert-OH is 1. The zero-order valence-corrected chi connectivity index (χ0v) is 19.1. The van der Waals surface area contributed by atoms with Gasteiger partial charge in [0.2, 0.25) is 0 Å². The maximum absolute atomic E-state index is 11.1. The Balaban J connectivity index is 1.80. The van der Waals surface area contributed by atoms with Gasteiger partial charge in [-0.2, -0.15) is 0 Å². The monoisotopic (exact) mass is 400 g/mol. The molecule has 4 heteroatoms. The third-order valence-corrected chi connectivity index (χ3v) is 12.9. The molecular formula is C24H36O3Si. The first-order chi connectivity index (χ1) is 13.3. The molecule has 3 aliphatic rings. The van der Waals surface area contributed by atoms with Gasteiger partial charge in [-0.05, 0) is 62.0 Å². The van der Waals surface area contributed by atoms with Gasteiger partial charge in [0.15, 0.2) is 8.32 Å². The van der Waals surface area contributed by atoms with Gasteiger partial charge in [-0.3, -0.25) is 0 Å². The molecule has 3 nitrogen and oxygen atoms in total. The van der Waals surface area contributed by atoms with Crippen molar-refractivity contribution in [3.8, 4) is 0 Å². The normalized spacial score (nSPS) is 39.7. The van der Waals surface area contributed by atoms with Gasteiger partial charge in [-0.15, -0.1) is 0 Å². The van der Waals surface area contributed by atoms with E-state index in [-0.39, 0.29) is 11.5 Å². The summed E-state index contributed by atoms with van der Waals surface area (Å²) in [5.41, 5.74) is 1.23. The Labute approximate surface area is 171 Å². The molecule has 2 heterocycles. The predicted molar refractivity (Wildman–Crippen MR) is 116 cm³/mol. The number of hydrogen-bond donors (Lipinski definition) is 1. The molecule has 0 unspecified atom stereocenters. The summed E-state index contributed by atoms with van der Waals surface area (Å²) in [5.74, 6) is 0.240. The summed E-state index contributed by atoms with van der Waals surface area (Å²) in [6.45, 7) is 11.3. The number of ether oxygens (including phenoxy) is 1. The second kappa shape index (κ2) is 6.80. The van der Waals surface area contributed by atoms with Crippen molar-refractivity contribution in [1.82, 2.24) is 0 Å². The first-order valence-electron chi connectivity index (χ1n) is 11.1. The van der Waals surface area contributed by atoms with Crippen LogP contribution in [0.25, 0.3) is 0 Å². The minimum atomic E-state index is -1.74. The third-order valence-electron chi connectivity index (χ3n) is 8.17. The molecule has 1 saturated carbocycles. The van der Waals surface area contributed by atoms with Gasteiger partial charge in [-0.1, -0.05) is 51.1 Å². The Morgan fingerprint density at radius 3 is 2.36 bits per heavy atom. The van der Waals surface area contributed by atoms with Crippen molar-refractivity contribution in [3.63, 3.8) is 0 Å². The topological polar surface area (TPSA) is 38.7 Å². The highest BCUT2D eigenvalue weighted by Gasteiger charge is 2.64. The van der Waals surface area contributed by atoms with E-state index in [1.54, 1.807) is 0 Å². The van der Waals surface area contributed by atoms with Crippen molar-refractivity contribution >= 4 is 8.32 Å². The van der Waals surface area contributed by atoms with Crippen LogP contribution in [0.1, 0.15) is 59.4 Å². The molecule has 2 aliphatic heterocycles. The highest BCUT2D eigenvalue weighted by Crippen LogP contribution is 2.61. The highest BCUT2D eigenvalue weighted by molar-refractivity contribution is 6.73. The smallest absolute Gasteiger partial charge is 0.193 e. The van der Waals surface area contributed by atoms with Crippen LogP contribution in [-0.2, 0) is 14.8 Å². The zero-order valence-electron chi connectivity index (χ0n) is 18.1. The van der Waals surface area contributed by atoms with E-state index in [2.05, 4.69) is 65.0 Å². The predicted octanol–water partition coefficient (Wildman–Crippen LogP) is 5.55. The molecule has 5 atom stereocenters. The summed E-state index contributed by atoms with van der Waals surface area (Å²) in [4.78, 5) is 0. The maximum atomic E-state index is 11.1. The molecule has 1 aromatic carbocycles. The Bertz CT molecular complexity index is 750. The molecule has 2 fully saturated rings. The fraction of sp³-hybridized carbons (Fsp3) is 0.667. The van der Waals surface area contributed by atoms with Crippen LogP contribution in [0.4, 0.5) is 0 Å². The van der Waals surface area contributed by atoms with Crippen molar-refractivity contribution < 1.29 is 14.3 Å². The average Bonchev–Trinajstić information content (AvgIpc) is 3.14. The van der Waals surface area contributed by atoms with Crippen LogP contribution in [0.2, 0.25) is 18.1 Å². The number of hydrogen-bond acceptors (Lipinski definition) is 3. The fourth-order valence-electron chi connectivity index (χ4n) is 6.11. The average molecular weight is 401 g/mol. The quantitative estimate of drug-likeness (QED) is 0.502. The first-order valence-corrected chi connectivity index (χ1v) is 13.7. The molecule has 2 bridgehead atoms. The summed E-state index contributed by atoms with van der Waals surface area (Å²) < 4.78 is 13.8. The van der Waals surface area contributed by atoms with Gasteiger partial charge in [0.25, 0.3) is 0 Å². The highest BCUT2D eigenvalue weighted by atomic mass is 28.4. The molecule has 154 valence electrons. The fourth-order valence-corrected chi connectivity index (χ4v) is 9.22. The Morgan fingerprint density at radius 1 is 1.11 bits per heavy atom. The minimum Gasteiger partial charge on any atom is -0.408 e. The van der Waals surface area contributed by atoms with Crippen LogP contribution < -0.4 is 0 Å². The number of benzene rings is 1. The van der Waals surface area contributed by atoms with Gasteiger partial charge in [0, 0.05) is 12.3 Å². The number of rotatable bonds is 6. The molecule has 0 aromatic heterocycles. The molecule has 1 aliphatic carbocycles. The lowest BCUT2D eigenvalue weighted by molar-refractivity contribution is -0.135. The molecular weight excluding hydrogens is 364 g/mol. The van der Waals surface area contributed by atoms with E-state index >= 15 is 0 Å². The van der Waals surface area contributed by atoms with E-state index < -0.39 is 25.6 Å². The minimum absolute atomic E-state index is 0.228. The Morgan fingerprint density at radius 2 is 1.75 bits per heavy atom. The maximum Gasteiger partial charge on any atom is 0.193 e. The van der Waals surface area contributed by atoms with E-state index in [1.807, 2.05) is 6.07 Å². The van der Waals surface area contributed by atoms with Crippen molar-refractivity contribution in [1.29, 1.82) is 0 Å². The summed E-state index contributed by atoms with van der Waals surface area (Å²) in [6.07, 6.45) is 4.57. The summed E-state index contributed by atoms with van der Waals surface area (Å²) in [6, 6.07) is 13.9. The van der Waals surface area contributed by atoms with Crippen LogP contribution in [0, 0.1) is 5.92 Å². The van der Waals surface area contributed by atoms with Crippen LogP contribution in [0.3, 0.4) is 0 Å². The standard InChI is InChI=1S/C24H36O3Si/c1-6-28(7-2,8-3)27-22(4)15-14-19-20(22)16-24(18-12-10-9-11-13-18)17-21(25)23(19,5)26-24/h9-13,16,19,21,25H,6-8,14-15,17H2,1-5H3/t19-,21-,22+,23+,24-/m1/s1. The van der Waals surface area contributed by atoms with Gasteiger partial charge in [-0.25, -0.2) is 0 Å². The lowest BCUT2D eigenvalue weighted by Gasteiger charge is -2.46. The van der Waals surface area contributed by atoms with E-state index in [9.17, 15) is 5.11 Å². The Hall–Kier alpha value is -0.943. The SMILES string of the molecule is CC[Si](CC)(CC)O[C@@]1(C)CC[C@@H]2C1=C[C@]1(c3ccccc3)C[C@@H](O)[C@@]2(C)O1. The number of aliphatic hydroxyl groups is 1. The molecule has 4 rings (SSSR count). The summed E-state index contributed by atoms with van der Waals surface area (Å²) >= 11 is 0.